The predicted molar refractivity (Wildman–Crippen MR) is 183 cm³/mol. The van der Waals surface area contributed by atoms with Crippen LogP contribution in [0.4, 0.5) is 21.9 Å². The largest absolute Gasteiger partial charge is 0.443 e. The van der Waals surface area contributed by atoms with E-state index in [4.69, 9.17) is 14.3 Å². The van der Waals surface area contributed by atoms with Crippen LogP contribution in [-0.2, 0) is 30.6 Å². The molecule has 3 N–H and O–H groups in total. The highest BCUT2D eigenvalue weighted by molar-refractivity contribution is 7.91. The molecule has 2 rings (SSSR count). The maximum absolute atomic E-state index is 13.3. The van der Waals surface area contributed by atoms with E-state index < -0.39 is 35.6 Å². The van der Waals surface area contributed by atoms with Crippen LogP contribution in [0.3, 0.4) is 0 Å². The maximum Gasteiger partial charge on any atom is 0.429 e. The van der Waals surface area contributed by atoms with Gasteiger partial charge in [-0.3, -0.25) is 4.79 Å². The van der Waals surface area contributed by atoms with Gasteiger partial charge in [0.15, 0.2) is 8.32 Å². The van der Waals surface area contributed by atoms with Gasteiger partial charge in [0.1, 0.15) is 5.60 Å². The second kappa shape index (κ2) is 13.7. The predicted octanol–water partition coefficient (Wildman–Crippen LogP) is 7.18. The number of unbranched alkanes of at least 4 members (excludes halogenated alkanes) is 3. The number of amides is 2. The lowest BCUT2D eigenvalue weighted by Gasteiger charge is -2.36. The minimum atomic E-state index is -4.56. The molecule has 0 aliphatic carbocycles. The quantitative estimate of drug-likeness (QED) is 0.191. The van der Waals surface area contributed by atoms with E-state index in [1.165, 1.54) is 0 Å². The number of hydrogen-bond acceptors (Lipinski definition) is 7. The van der Waals surface area contributed by atoms with Crippen molar-refractivity contribution in [3.8, 4) is 0 Å². The molecule has 0 spiro atoms. The summed E-state index contributed by atoms with van der Waals surface area (Å²) >= 11 is 0. The molecular formula is C32H58N4O6SSi. The summed E-state index contributed by atoms with van der Waals surface area (Å²) in [5, 5.41) is 8.89. The SMILES string of the molecule is Cc1c2c(c(NC(=O)C(C)(C)C)c(C)c1N(C(=O)OC(C)(C)C)S(N)(=O)=O)N(CCCCCCO[Si](C)(C)C(C)(C)C)CC2. The van der Waals surface area contributed by atoms with Gasteiger partial charge in [-0.25, -0.2) is 9.93 Å². The number of rotatable bonds is 11. The Bertz CT molecular complexity index is 1320. The lowest BCUT2D eigenvalue weighted by Crippen LogP contribution is -2.45. The summed E-state index contributed by atoms with van der Waals surface area (Å²) in [5.41, 5.74) is 1.78. The van der Waals surface area contributed by atoms with Gasteiger partial charge in [0.2, 0.25) is 5.91 Å². The molecule has 1 aliphatic rings. The average molecular weight is 655 g/mol. The average Bonchev–Trinajstić information content (AvgIpc) is 3.24. The number of nitrogens with one attached hydrogen (secondary N) is 1. The van der Waals surface area contributed by atoms with Gasteiger partial charge in [-0.2, -0.15) is 12.7 Å². The zero-order valence-electron chi connectivity index (χ0n) is 29.5. The van der Waals surface area contributed by atoms with Gasteiger partial charge >= 0.3 is 16.3 Å². The fraction of sp³-hybridized carbons (Fsp3) is 0.750. The monoisotopic (exact) mass is 654 g/mol. The van der Waals surface area contributed by atoms with Gasteiger partial charge in [-0.15, -0.1) is 0 Å². The number of fused-ring (bicyclic) bond motifs is 1. The topological polar surface area (TPSA) is 131 Å². The van der Waals surface area contributed by atoms with E-state index in [0.29, 0.717) is 34.1 Å². The molecular weight excluding hydrogens is 597 g/mol. The summed E-state index contributed by atoms with van der Waals surface area (Å²) in [7, 11) is -6.30. The third-order valence-electron chi connectivity index (χ3n) is 8.54. The molecule has 0 radical (unpaired) electrons. The fourth-order valence-corrected chi connectivity index (χ4v) is 6.83. The Balaban J connectivity index is 2.40. The summed E-state index contributed by atoms with van der Waals surface area (Å²) < 4.78 is 38.1. The van der Waals surface area contributed by atoms with Crippen LogP contribution in [-0.4, -0.2) is 54.0 Å². The molecule has 0 atom stereocenters. The third kappa shape index (κ3) is 9.43. The van der Waals surface area contributed by atoms with Crippen LogP contribution in [0.5, 0.6) is 0 Å². The zero-order valence-corrected chi connectivity index (χ0v) is 31.3. The lowest BCUT2D eigenvalue weighted by molar-refractivity contribution is -0.123. The van der Waals surface area contributed by atoms with Crippen molar-refractivity contribution in [2.75, 3.05) is 34.2 Å². The molecule has 0 unspecified atom stereocenters. The number of nitrogens with zero attached hydrogens (tertiary/aromatic N) is 2. The van der Waals surface area contributed by atoms with Crippen LogP contribution in [0.1, 0.15) is 105 Å². The molecule has 12 heteroatoms. The number of carbonyl (C=O) groups excluding carboxylic acids is 2. The van der Waals surface area contributed by atoms with E-state index in [1.807, 2.05) is 20.8 Å². The van der Waals surface area contributed by atoms with Crippen molar-refractivity contribution >= 4 is 47.6 Å². The molecule has 0 saturated heterocycles. The minimum Gasteiger partial charge on any atom is -0.443 e. The van der Waals surface area contributed by atoms with Gasteiger partial charge in [-0.1, -0.05) is 54.4 Å². The molecule has 0 fully saturated rings. The smallest absolute Gasteiger partial charge is 0.429 e. The molecule has 0 aromatic heterocycles. The van der Waals surface area contributed by atoms with E-state index in [2.05, 4.69) is 44.1 Å². The van der Waals surface area contributed by atoms with Crippen LogP contribution in [0, 0.1) is 19.3 Å². The molecule has 1 aliphatic heterocycles. The Morgan fingerprint density at radius 3 is 2.02 bits per heavy atom. The van der Waals surface area contributed by atoms with Gasteiger partial charge < -0.3 is 19.4 Å². The highest BCUT2D eigenvalue weighted by Crippen LogP contribution is 2.47. The van der Waals surface area contributed by atoms with Crippen LogP contribution in [0.25, 0.3) is 0 Å². The first-order valence-electron chi connectivity index (χ1n) is 15.7. The first-order valence-corrected chi connectivity index (χ1v) is 20.1. The van der Waals surface area contributed by atoms with E-state index >= 15 is 0 Å². The van der Waals surface area contributed by atoms with Crippen molar-refractivity contribution < 1.29 is 27.2 Å². The molecule has 252 valence electrons. The number of ether oxygens (including phenoxy) is 1. The van der Waals surface area contributed by atoms with Crippen molar-refractivity contribution in [2.45, 2.75) is 132 Å². The first-order chi connectivity index (χ1) is 19.8. The van der Waals surface area contributed by atoms with Crippen molar-refractivity contribution in [2.24, 2.45) is 10.6 Å². The van der Waals surface area contributed by atoms with E-state index in [0.717, 1.165) is 50.1 Å². The highest BCUT2D eigenvalue weighted by Gasteiger charge is 2.39. The number of anilines is 3. The number of benzene rings is 1. The van der Waals surface area contributed by atoms with Crippen LogP contribution in [0.15, 0.2) is 0 Å². The molecule has 0 bridgehead atoms. The van der Waals surface area contributed by atoms with Crippen LogP contribution >= 0.6 is 0 Å². The summed E-state index contributed by atoms with van der Waals surface area (Å²) in [6.45, 7) is 27.5. The fourth-order valence-electron chi connectivity index (χ4n) is 4.97. The van der Waals surface area contributed by atoms with E-state index in [1.54, 1.807) is 34.6 Å². The normalized spacial score (nSPS) is 14.5. The number of carbonyl (C=O) groups is 2. The molecule has 10 nitrogen and oxygen atoms in total. The van der Waals surface area contributed by atoms with Gasteiger partial charge in [0.05, 0.1) is 17.1 Å². The second-order valence-corrected chi connectivity index (χ2v) is 21.8. The first kappa shape index (κ1) is 38.0. The van der Waals surface area contributed by atoms with Crippen molar-refractivity contribution in [1.82, 2.24) is 0 Å². The highest BCUT2D eigenvalue weighted by atomic mass is 32.2. The Hall–Kier alpha value is -2.15. The summed E-state index contributed by atoms with van der Waals surface area (Å²) in [4.78, 5) is 28.8. The Morgan fingerprint density at radius 1 is 0.955 bits per heavy atom. The Morgan fingerprint density at radius 2 is 1.52 bits per heavy atom. The molecule has 1 aromatic rings. The summed E-state index contributed by atoms with van der Waals surface area (Å²) in [5.74, 6) is -0.217. The molecule has 1 aromatic carbocycles. The molecule has 0 saturated carbocycles. The standard InChI is InChI=1S/C32H58N4O6SSi/c1-22-24-18-20-35(19-16-14-15-17-21-41-44(12,13)32(9,10)11)27(24)25(34-28(37)30(3,4)5)23(2)26(22)36(43(33,39)40)29(38)42-31(6,7)8/h14-21H2,1-13H3,(H,34,37)(H2,33,39,40). The van der Waals surface area contributed by atoms with Gasteiger partial charge in [0, 0.05) is 30.7 Å². The van der Waals surface area contributed by atoms with Crippen molar-refractivity contribution in [1.29, 1.82) is 0 Å². The van der Waals surface area contributed by atoms with Crippen molar-refractivity contribution in [3.63, 3.8) is 0 Å². The molecule has 2 amide bonds. The van der Waals surface area contributed by atoms with Gasteiger partial charge in [0.25, 0.3) is 0 Å². The maximum atomic E-state index is 13.3. The van der Waals surface area contributed by atoms with Crippen LogP contribution < -0.4 is 19.7 Å². The van der Waals surface area contributed by atoms with E-state index in [-0.39, 0.29) is 16.6 Å². The van der Waals surface area contributed by atoms with E-state index in [9.17, 15) is 18.0 Å². The molecule has 44 heavy (non-hydrogen) atoms. The number of nitrogens with two attached hydrogens (primary N) is 1. The zero-order chi connectivity index (χ0) is 34.1. The third-order valence-corrected chi connectivity index (χ3v) is 13.9. The van der Waals surface area contributed by atoms with Crippen molar-refractivity contribution in [3.05, 3.63) is 16.7 Å². The lowest BCUT2D eigenvalue weighted by atomic mass is 9.93. The number of hydrogen-bond donors (Lipinski definition) is 2. The Kier molecular flexibility index (Phi) is 11.8. The second-order valence-electron chi connectivity index (χ2n) is 15.6. The van der Waals surface area contributed by atoms with Crippen LogP contribution in [0.2, 0.25) is 18.1 Å². The minimum absolute atomic E-state index is 0.119. The Labute approximate surface area is 267 Å². The summed E-state index contributed by atoms with van der Waals surface area (Å²) in [6.07, 6.45) is 3.65. The summed E-state index contributed by atoms with van der Waals surface area (Å²) in [6, 6.07) is 0. The van der Waals surface area contributed by atoms with Gasteiger partial charge in [-0.05, 0) is 83.1 Å². The molecule has 1 heterocycles.